The highest BCUT2D eigenvalue weighted by molar-refractivity contribution is 5.79. The molecule has 4 nitrogen and oxygen atoms in total. The zero-order valence-corrected chi connectivity index (χ0v) is 10.6. The maximum atomic E-state index is 5.73. The van der Waals surface area contributed by atoms with E-state index in [9.17, 15) is 0 Å². The first-order chi connectivity index (χ1) is 8.85. The fourth-order valence-corrected chi connectivity index (χ4v) is 1.79. The van der Waals surface area contributed by atoms with Gasteiger partial charge >= 0.3 is 0 Å². The van der Waals surface area contributed by atoms with Gasteiger partial charge in [-0.05, 0) is 12.1 Å². The molecule has 0 radical (unpaired) electrons. The van der Waals surface area contributed by atoms with Crippen LogP contribution in [-0.2, 0) is 11.3 Å². The summed E-state index contributed by atoms with van der Waals surface area (Å²) < 4.78 is 10.6. The highest BCUT2D eigenvalue weighted by Gasteiger charge is 2.06. The Kier molecular flexibility index (Phi) is 4.50. The largest absolute Gasteiger partial charge is 0.477 e. The maximum absolute atomic E-state index is 5.73. The Labute approximate surface area is 107 Å². The molecule has 0 aliphatic heterocycles. The lowest BCUT2D eigenvalue weighted by Crippen LogP contribution is -2.07. The van der Waals surface area contributed by atoms with Gasteiger partial charge in [0.25, 0.3) is 0 Å². The summed E-state index contributed by atoms with van der Waals surface area (Å²) in [6.45, 7) is 1.70. The van der Waals surface area contributed by atoms with E-state index >= 15 is 0 Å². The van der Waals surface area contributed by atoms with Gasteiger partial charge in [-0.25, -0.2) is 4.98 Å². The Hall–Kier alpha value is -1.65. The van der Waals surface area contributed by atoms with Crippen LogP contribution in [0.15, 0.2) is 30.3 Å². The van der Waals surface area contributed by atoms with Gasteiger partial charge in [-0.3, -0.25) is 0 Å². The van der Waals surface area contributed by atoms with Gasteiger partial charge in [0.1, 0.15) is 0 Å². The second-order valence-corrected chi connectivity index (χ2v) is 4.04. The first-order valence-electron chi connectivity index (χ1n) is 6.05. The number of hydrogen-bond donors (Lipinski definition) is 1. The van der Waals surface area contributed by atoms with Gasteiger partial charge in [0.15, 0.2) is 0 Å². The summed E-state index contributed by atoms with van der Waals surface area (Å²) >= 11 is 0. The monoisotopic (exact) mass is 246 g/mol. The van der Waals surface area contributed by atoms with Gasteiger partial charge in [-0.15, -0.1) is 0 Å². The van der Waals surface area contributed by atoms with Crippen molar-refractivity contribution in [3.05, 3.63) is 35.9 Å². The van der Waals surface area contributed by atoms with Crippen molar-refractivity contribution in [2.75, 3.05) is 20.3 Å². The number of benzene rings is 1. The maximum Gasteiger partial charge on any atom is 0.218 e. The quantitative estimate of drug-likeness (QED) is 0.793. The summed E-state index contributed by atoms with van der Waals surface area (Å²) in [4.78, 5) is 4.50. The normalized spacial score (nSPS) is 10.8. The number of pyridine rings is 1. The van der Waals surface area contributed by atoms with Crippen LogP contribution < -0.4 is 10.5 Å². The van der Waals surface area contributed by atoms with Crippen molar-refractivity contribution in [3.63, 3.8) is 0 Å². The van der Waals surface area contributed by atoms with E-state index in [0.717, 1.165) is 22.9 Å². The predicted octanol–water partition coefficient (Wildman–Crippen LogP) is 2.11. The third kappa shape index (κ3) is 2.97. The van der Waals surface area contributed by atoms with Gasteiger partial charge in [-0.2, -0.15) is 0 Å². The Morgan fingerprint density at radius 1 is 1.22 bits per heavy atom. The third-order valence-electron chi connectivity index (χ3n) is 2.71. The second-order valence-electron chi connectivity index (χ2n) is 4.04. The topological polar surface area (TPSA) is 57.4 Å². The number of nitrogens with two attached hydrogens (primary N) is 1. The number of ether oxygens (including phenoxy) is 2. The molecule has 0 saturated heterocycles. The molecule has 4 heteroatoms. The van der Waals surface area contributed by atoms with E-state index in [1.165, 1.54) is 0 Å². The van der Waals surface area contributed by atoms with E-state index in [1.807, 2.05) is 30.3 Å². The second kappa shape index (κ2) is 6.33. The molecule has 0 unspecified atom stereocenters. The highest BCUT2D eigenvalue weighted by atomic mass is 16.5. The van der Waals surface area contributed by atoms with Gasteiger partial charge in [0.05, 0.1) is 12.1 Å². The van der Waals surface area contributed by atoms with Gasteiger partial charge in [-0.1, -0.05) is 18.2 Å². The fraction of sp³-hybridized carbons (Fsp3) is 0.357. The number of para-hydroxylation sites is 1. The minimum absolute atomic E-state index is 0.428. The van der Waals surface area contributed by atoms with Crippen LogP contribution in [0.1, 0.15) is 12.0 Å². The highest BCUT2D eigenvalue weighted by Crippen LogP contribution is 2.21. The van der Waals surface area contributed by atoms with Crippen molar-refractivity contribution in [3.8, 4) is 5.88 Å². The van der Waals surface area contributed by atoms with Crippen molar-refractivity contribution in [1.29, 1.82) is 0 Å². The summed E-state index contributed by atoms with van der Waals surface area (Å²) in [7, 11) is 1.68. The van der Waals surface area contributed by atoms with Crippen LogP contribution in [0.5, 0.6) is 5.88 Å². The Bertz CT molecular complexity index is 514. The molecular formula is C14H18N2O2. The number of fused-ring (bicyclic) bond motifs is 1. The van der Waals surface area contributed by atoms with Crippen molar-refractivity contribution in [1.82, 2.24) is 4.98 Å². The number of hydrogen-bond acceptors (Lipinski definition) is 4. The first-order valence-corrected chi connectivity index (χ1v) is 6.05. The Morgan fingerprint density at radius 3 is 2.83 bits per heavy atom. The van der Waals surface area contributed by atoms with Crippen LogP contribution in [0, 0.1) is 0 Å². The molecule has 0 atom stereocenters. The van der Waals surface area contributed by atoms with Crippen molar-refractivity contribution >= 4 is 10.9 Å². The van der Waals surface area contributed by atoms with Gasteiger partial charge in [0.2, 0.25) is 5.88 Å². The molecule has 0 aliphatic rings. The molecule has 2 rings (SSSR count). The number of rotatable bonds is 6. The van der Waals surface area contributed by atoms with Crippen LogP contribution >= 0.6 is 0 Å². The molecule has 0 saturated carbocycles. The van der Waals surface area contributed by atoms with Gasteiger partial charge < -0.3 is 15.2 Å². The van der Waals surface area contributed by atoms with E-state index in [1.54, 1.807) is 7.11 Å². The van der Waals surface area contributed by atoms with E-state index in [0.29, 0.717) is 25.6 Å². The molecule has 1 aromatic heterocycles. The van der Waals surface area contributed by atoms with Crippen molar-refractivity contribution in [2.24, 2.45) is 5.73 Å². The van der Waals surface area contributed by atoms with Gasteiger partial charge in [0, 0.05) is 37.6 Å². The van der Waals surface area contributed by atoms with E-state index in [2.05, 4.69) is 4.98 Å². The van der Waals surface area contributed by atoms with E-state index in [4.69, 9.17) is 15.2 Å². The van der Waals surface area contributed by atoms with Crippen molar-refractivity contribution in [2.45, 2.75) is 13.0 Å². The summed E-state index contributed by atoms with van der Waals surface area (Å²) in [5.74, 6) is 0.632. The zero-order chi connectivity index (χ0) is 12.8. The molecule has 2 aromatic rings. The average molecular weight is 246 g/mol. The number of aromatic nitrogens is 1. The van der Waals surface area contributed by atoms with Crippen LogP contribution in [0.4, 0.5) is 0 Å². The van der Waals surface area contributed by atoms with Crippen molar-refractivity contribution < 1.29 is 9.47 Å². The van der Waals surface area contributed by atoms with Crippen LogP contribution in [0.3, 0.4) is 0 Å². The van der Waals surface area contributed by atoms with Crippen LogP contribution in [-0.4, -0.2) is 25.3 Å². The minimum Gasteiger partial charge on any atom is -0.477 e. The summed E-state index contributed by atoms with van der Waals surface area (Å²) in [5, 5.41) is 1.09. The standard InChI is InChI=1S/C14H18N2O2/c1-17-7-4-8-18-14-12(10-15)9-11-5-2-3-6-13(11)16-14/h2-3,5-6,9H,4,7-8,10,15H2,1H3. The molecule has 18 heavy (non-hydrogen) atoms. The third-order valence-corrected chi connectivity index (χ3v) is 2.71. The molecule has 0 bridgehead atoms. The van der Waals surface area contributed by atoms with E-state index < -0.39 is 0 Å². The first kappa shape index (κ1) is 12.8. The molecule has 1 heterocycles. The molecular weight excluding hydrogens is 228 g/mol. The van der Waals surface area contributed by atoms with Crippen LogP contribution in [0.2, 0.25) is 0 Å². The molecule has 0 fully saturated rings. The zero-order valence-electron chi connectivity index (χ0n) is 10.6. The lowest BCUT2D eigenvalue weighted by molar-refractivity contribution is 0.170. The molecule has 1 aromatic carbocycles. The molecule has 2 N–H and O–H groups in total. The lowest BCUT2D eigenvalue weighted by Gasteiger charge is -2.10. The van der Waals surface area contributed by atoms with Crippen LogP contribution in [0.25, 0.3) is 10.9 Å². The summed E-state index contributed by atoms with van der Waals surface area (Å²) in [6, 6.07) is 9.98. The van der Waals surface area contributed by atoms with E-state index in [-0.39, 0.29) is 0 Å². The average Bonchev–Trinajstić information content (AvgIpc) is 2.42. The lowest BCUT2D eigenvalue weighted by atomic mass is 10.1. The number of methoxy groups -OCH3 is 1. The molecule has 96 valence electrons. The number of nitrogens with zero attached hydrogens (tertiary/aromatic N) is 1. The minimum atomic E-state index is 0.428. The Balaban J connectivity index is 2.19. The smallest absolute Gasteiger partial charge is 0.218 e. The predicted molar refractivity (Wildman–Crippen MR) is 71.6 cm³/mol. The molecule has 0 aliphatic carbocycles. The fourth-order valence-electron chi connectivity index (χ4n) is 1.79. The molecule has 0 amide bonds. The Morgan fingerprint density at radius 2 is 2.06 bits per heavy atom. The molecule has 0 spiro atoms. The SMILES string of the molecule is COCCCOc1nc2ccccc2cc1CN. The summed E-state index contributed by atoms with van der Waals surface area (Å²) in [5.41, 5.74) is 7.59. The summed E-state index contributed by atoms with van der Waals surface area (Å²) in [6.07, 6.45) is 0.842.